The minimum Gasteiger partial charge on any atom is -0.367 e. The van der Waals surface area contributed by atoms with Crippen molar-refractivity contribution in [1.82, 2.24) is 5.32 Å². The van der Waals surface area contributed by atoms with Crippen LogP contribution in [0.3, 0.4) is 0 Å². The number of carbonyl (C=O) groups is 2. The zero-order valence-corrected chi connectivity index (χ0v) is 13.3. The van der Waals surface area contributed by atoms with Gasteiger partial charge in [-0.05, 0) is 24.6 Å². The van der Waals surface area contributed by atoms with Gasteiger partial charge in [0.15, 0.2) is 0 Å². The second-order valence-electron chi connectivity index (χ2n) is 4.91. The maximum absolute atomic E-state index is 12.4. The molecule has 0 aliphatic rings. The molecule has 0 fully saturated rings. The van der Waals surface area contributed by atoms with E-state index < -0.39 is 17.4 Å². The summed E-state index contributed by atoms with van der Waals surface area (Å²) in [6.07, 6.45) is 0. The van der Waals surface area contributed by atoms with Crippen molar-refractivity contribution >= 4 is 35.0 Å². The van der Waals surface area contributed by atoms with E-state index in [1.165, 1.54) is 6.07 Å². The Morgan fingerprint density at radius 1 is 1.05 bits per heavy atom. The molecule has 4 nitrogen and oxygen atoms in total. The molecule has 0 saturated carbocycles. The fourth-order valence-corrected chi connectivity index (χ4v) is 2.41. The Labute approximate surface area is 138 Å². The minimum atomic E-state index is -1.36. The number of hydrogen-bond donors (Lipinski definition) is 2. The molecule has 114 valence electrons. The van der Waals surface area contributed by atoms with E-state index in [1.54, 1.807) is 49.4 Å². The molecule has 2 aromatic carbocycles. The number of hydrogen-bond acceptors (Lipinski definition) is 2. The van der Waals surface area contributed by atoms with Gasteiger partial charge in [0.1, 0.15) is 5.54 Å². The fraction of sp³-hybridized carbons (Fsp3) is 0.125. The molecule has 2 amide bonds. The lowest BCUT2D eigenvalue weighted by Crippen LogP contribution is -2.52. The van der Waals surface area contributed by atoms with Gasteiger partial charge in [-0.1, -0.05) is 59.6 Å². The fourth-order valence-electron chi connectivity index (χ4n) is 2.02. The van der Waals surface area contributed by atoms with Crippen LogP contribution >= 0.6 is 23.2 Å². The number of benzene rings is 2. The van der Waals surface area contributed by atoms with Crippen LogP contribution in [0.15, 0.2) is 48.5 Å². The van der Waals surface area contributed by atoms with Crippen LogP contribution in [0.2, 0.25) is 10.0 Å². The van der Waals surface area contributed by atoms with Gasteiger partial charge in [-0.3, -0.25) is 9.59 Å². The molecule has 0 aliphatic carbocycles. The Bertz CT molecular complexity index is 719. The van der Waals surface area contributed by atoms with E-state index in [0.717, 1.165) is 0 Å². The lowest BCUT2D eigenvalue weighted by atomic mass is 9.91. The van der Waals surface area contributed by atoms with E-state index in [1.807, 2.05) is 0 Å². The van der Waals surface area contributed by atoms with E-state index in [-0.39, 0.29) is 15.6 Å². The number of carbonyl (C=O) groups excluding carboxylic acids is 2. The molecule has 2 aromatic rings. The summed E-state index contributed by atoms with van der Waals surface area (Å²) in [7, 11) is 0. The highest BCUT2D eigenvalue weighted by atomic mass is 35.5. The molecule has 6 heteroatoms. The Balaban J connectivity index is 2.39. The highest BCUT2D eigenvalue weighted by Gasteiger charge is 2.35. The van der Waals surface area contributed by atoms with Gasteiger partial charge < -0.3 is 11.1 Å². The van der Waals surface area contributed by atoms with Crippen molar-refractivity contribution in [2.45, 2.75) is 12.5 Å². The molecule has 22 heavy (non-hydrogen) atoms. The van der Waals surface area contributed by atoms with Crippen LogP contribution in [0.25, 0.3) is 0 Å². The monoisotopic (exact) mass is 336 g/mol. The first-order valence-electron chi connectivity index (χ1n) is 6.48. The summed E-state index contributed by atoms with van der Waals surface area (Å²) in [5, 5.41) is 3.02. The van der Waals surface area contributed by atoms with E-state index in [4.69, 9.17) is 28.9 Å². The lowest BCUT2D eigenvalue weighted by Gasteiger charge is -2.28. The summed E-state index contributed by atoms with van der Waals surface area (Å²) in [6, 6.07) is 13.5. The number of halogens is 2. The summed E-state index contributed by atoms with van der Waals surface area (Å²) >= 11 is 11.9. The highest BCUT2D eigenvalue weighted by molar-refractivity contribution is 6.43. The van der Waals surface area contributed by atoms with E-state index in [9.17, 15) is 9.59 Å². The van der Waals surface area contributed by atoms with Crippen LogP contribution in [-0.4, -0.2) is 11.8 Å². The average molecular weight is 337 g/mol. The van der Waals surface area contributed by atoms with Crippen molar-refractivity contribution in [2.24, 2.45) is 5.73 Å². The Morgan fingerprint density at radius 3 is 2.27 bits per heavy atom. The molecule has 0 aliphatic heterocycles. The molecule has 0 saturated heterocycles. The quantitative estimate of drug-likeness (QED) is 0.900. The predicted molar refractivity (Wildman–Crippen MR) is 86.9 cm³/mol. The van der Waals surface area contributed by atoms with Crippen molar-refractivity contribution in [3.05, 3.63) is 69.7 Å². The summed E-state index contributed by atoms with van der Waals surface area (Å²) < 4.78 is 0. The maximum atomic E-state index is 12.4. The van der Waals surface area contributed by atoms with Gasteiger partial charge in [0.25, 0.3) is 5.91 Å². The van der Waals surface area contributed by atoms with Gasteiger partial charge in [-0.25, -0.2) is 0 Å². The zero-order chi connectivity index (χ0) is 16.3. The largest absolute Gasteiger partial charge is 0.367 e. The van der Waals surface area contributed by atoms with E-state index >= 15 is 0 Å². The molecule has 0 bridgehead atoms. The van der Waals surface area contributed by atoms with Gasteiger partial charge in [0, 0.05) is 0 Å². The summed E-state index contributed by atoms with van der Waals surface area (Å²) in [5.74, 6) is -1.21. The maximum Gasteiger partial charge on any atom is 0.253 e. The topological polar surface area (TPSA) is 72.2 Å². The lowest BCUT2D eigenvalue weighted by molar-refractivity contribution is -0.123. The number of amides is 2. The Hall–Kier alpha value is -2.04. The first kappa shape index (κ1) is 16.3. The third-order valence-corrected chi connectivity index (χ3v) is 4.22. The third-order valence-electron chi connectivity index (χ3n) is 3.40. The highest BCUT2D eigenvalue weighted by Crippen LogP contribution is 2.27. The first-order valence-corrected chi connectivity index (χ1v) is 7.24. The Morgan fingerprint density at radius 2 is 1.68 bits per heavy atom. The van der Waals surface area contributed by atoms with Crippen LogP contribution in [0.1, 0.15) is 22.8 Å². The molecular weight excluding hydrogens is 323 g/mol. The molecule has 0 spiro atoms. The van der Waals surface area contributed by atoms with E-state index in [0.29, 0.717) is 5.56 Å². The number of rotatable bonds is 4. The van der Waals surface area contributed by atoms with Crippen LogP contribution in [0.5, 0.6) is 0 Å². The van der Waals surface area contributed by atoms with Crippen LogP contribution in [0.4, 0.5) is 0 Å². The summed E-state index contributed by atoms with van der Waals surface area (Å²) in [6.45, 7) is 1.54. The van der Waals surface area contributed by atoms with E-state index in [2.05, 4.69) is 5.32 Å². The molecule has 0 heterocycles. The zero-order valence-electron chi connectivity index (χ0n) is 11.8. The second kappa shape index (κ2) is 6.38. The van der Waals surface area contributed by atoms with Crippen molar-refractivity contribution in [3.8, 4) is 0 Å². The van der Waals surface area contributed by atoms with Gasteiger partial charge in [0.05, 0.1) is 15.6 Å². The third kappa shape index (κ3) is 3.08. The first-order chi connectivity index (χ1) is 10.4. The molecule has 3 N–H and O–H groups in total. The SMILES string of the molecule is CC(NC(=O)c1cccc(Cl)c1Cl)(C(N)=O)c1ccccc1. The van der Waals surface area contributed by atoms with Crippen LogP contribution < -0.4 is 11.1 Å². The average Bonchev–Trinajstić information content (AvgIpc) is 2.50. The summed E-state index contributed by atoms with van der Waals surface area (Å²) in [5.41, 5.74) is 4.88. The smallest absolute Gasteiger partial charge is 0.253 e. The Kier molecular flexibility index (Phi) is 4.74. The molecule has 2 rings (SSSR count). The van der Waals surface area contributed by atoms with Gasteiger partial charge in [-0.15, -0.1) is 0 Å². The number of nitrogens with two attached hydrogens (primary N) is 1. The number of nitrogens with one attached hydrogen (secondary N) is 1. The van der Waals surface area contributed by atoms with Gasteiger partial charge in [-0.2, -0.15) is 0 Å². The predicted octanol–water partition coefficient (Wildman–Crippen LogP) is 3.12. The molecular formula is C16H14Cl2N2O2. The van der Waals surface area contributed by atoms with Crippen molar-refractivity contribution in [3.63, 3.8) is 0 Å². The normalized spacial score (nSPS) is 13.2. The standard InChI is InChI=1S/C16H14Cl2N2O2/c1-16(15(19)22,10-6-3-2-4-7-10)20-14(21)11-8-5-9-12(17)13(11)18/h2-9H,1H3,(H2,19,22)(H,20,21). The van der Waals surface area contributed by atoms with Crippen LogP contribution in [-0.2, 0) is 10.3 Å². The van der Waals surface area contributed by atoms with Gasteiger partial charge >= 0.3 is 0 Å². The van der Waals surface area contributed by atoms with Crippen molar-refractivity contribution in [1.29, 1.82) is 0 Å². The second-order valence-corrected chi connectivity index (χ2v) is 5.70. The van der Waals surface area contributed by atoms with Gasteiger partial charge in [0.2, 0.25) is 5.91 Å². The van der Waals surface area contributed by atoms with Crippen molar-refractivity contribution < 1.29 is 9.59 Å². The van der Waals surface area contributed by atoms with Crippen LogP contribution in [0, 0.1) is 0 Å². The minimum absolute atomic E-state index is 0.126. The number of primary amides is 1. The molecule has 0 radical (unpaired) electrons. The molecule has 0 aromatic heterocycles. The molecule has 1 atom stereocenters. The van der Waals surface area contributed by atoms with Crippen molar-refractivity contribution in [2.75, 3.05) is 0 Å². The summed E-state index contributed by atoms with van der Waals surface area (Å²) in [4.78, 5) is 24.3. The molecule has 1 unspecified atom stereocenters.